The number of aryl methyl sites for hydroxylation is 1. The third-order valence-corrected chi connectivity index (χ3v) is 8.29. The first-order chi connectivity index (χ1) is 20.6. The lowest BCUT2D eigenvalue weighted by atomic mass is 9.84. The molecule has 4 aromatic rings. The number of aromatic nitrogens is 1. The number of rotatable bonds is 10. The third-order valence-electron chi connectivity index (χ3n) is 8.29. The van der Waals surface area contributed by atoms with Crippen molar-refractivity contribution in [3.05, 3.63) is 95.4 Å². The van der Waals surface area contributed by atoms with E-state index < -0.39 is 17.6 Å². The van der Waals surface area contributed by atoms with E-state index in [-0.39, 0.29) is 17.7 Å². The summed E-state index contributed by atoms with van der Waals surface area (Å²) in [6, 6.07) is 16.4. The SMILES string of the molecule is C/N=C\c1cc(C(O)(c2cn(CCCN3CCC(CO)CC3)c3ccccc23)C(F)(F)F)ccc1Nc1ccc(F)cc1. The number of nitrogens with zero attached hydrogens (tertiary/aromatic N) is 3. The topological polar surface area (TPSA) is 73.0 Å². The molecule has 0 aliphatic carbocycles. The fraction of sp³-hybridized carbons (Fsp3) is 0.364. The minimum atomic E-state index is -5.04. The van der Waals surface area contributed by atoms with Crippen molar-refractivity contribution in [3.8, 4) is 0 Å². The maximum Gasteiger partial charge on any atom is 0.425 e. The quantitative estimate of drug-likeness (QED) is 0.145. The van der Waals surface area contributed by atoms with E-state index in [1.165, 1.54) is 61.9 Å². The predicted molar refractivity (Wildman–Crippen MR) is 162 cm³/mol. The highest BCUT2D eigenvalue weighted by Crippen LogP contribution is 2.47. The minimum absolute atomic E-state index is 0.203. The summed E-state index contributed by atoms with van der Waals surface area (Å²) >= 11 is 0. The number of fused-ring (bicyclic) bond motifs is 1. The lowest BCUT2D eigenvalue weighted by Gasteiger charge is -2.31. The van der Waals surface area contributed by atoms with Crippen molar-refractivity contribution in [1.29, 1.82) is 0 Å². The van der Waals surface area contributed by atoms with Gasteiger partial charge in [-0.1, -0.05) is 24.3 Å². The number of halogens is 4. The van der Waals surface area contributed by atoms with E-state index in [0.717, 1.165) is 38.9 Å². The maximum atomic E-state index is 15.0. The number of nitrogens with one attached hydrogen (secondary N) is 1. The molecule has 1 saturated heterocycles. The Hall–Kier alpha value is -3.73. The van der Waals surface area contributed by atoms with Gasteiger partial charge < -0.3 is 25.0 Å². The standard InChI is InChI=1S/C33H36F4N4O2/c1-38-20-24-19-25(7-12-30(24)39-27-10-8-26(34)9-11-27)32(43,33(35,36)37)29-21-41(31-6-3-2-5-28(29)31)16-4-15-40-17-13-23(22-42)14-18-40/h2-3,5-12,19-21,23,39,42-43H,4,13-18,22H2,1H3/b38-20-. The molecule has 3 aromatic carbocycles. The minimum Gasteiger partial charge on any atom is -0.396 e. The second kappa shape index (κ2) is 12.9. The number of aliphatic hydroxyl groups excluding tert-OH is 1. The smallest absolute Gasteiger partial charge is 0.396 e. The zero-order valence-electron chi connectivity index (χ0n) is 24.0. The zero-order chi connectivity index (χ0) is 30.6. The number of benzene rings is 3. The normalized spacial score (nSPS) is 16.6. The van der Waals surface area contributed by atoms with E-state index in [1.54, 1.807) is 28.8 Å². The Labute approximate surface area is 248 Å². The fourth-order valence-corrected chi connectivity index (χ4v) is 5.89. The number of hydrogen-bond donors (Lipinski definition) is 3. The van der Waals surface area contributed by atoms with Gasteiger partial charge in [-0.25, -0.2) is 4.39 Å². The van der Waals surface area contributed by atoms with Crippen molar-refractivity contribution in [3.63, 3.8) is 0 Å². The lowest BCUT2D eigenvalue weighted by Crippen LogP contribution is -2.43. The summed E-state index contributed by atoms with van der Waals surface area (Å²) in [5, 5.41) is 24.5. The summed E-state index contributed by atoms with van der Waals surface area (Å²) in [5.74, 6) is -0.0718. The molecule has 1 fully saturated rings. The van der Waals surface area contributed by atoms with Crippen LogP contribution in [-0.2, 0) is 12.1 Å². The number of piperidine rings is 1. The molecular weight excluding hydrogens is 560 g/mol. The molecule has 43 heavy (non-hydrogen) atoms. The molecule has 1 aromatic heterocycles. The summed E-state index contributed by atoms with van der Waals surface area (Å²) in [4.78, 5) is 6.33. The molecule has 10 heteroatoms. The van der Waals surface area contributed by atoms with Crippen LogP contribution in [0.5, 0.6) is 0 Å². The molecule has 0 saturated carbocycles. The molecule has 6 nitrogen and oxygen atoms in total. The number of aliphatic imine (C=N–C) groups is 1. The van der Waals surface area contributed by atoms with E-state index in [9.17, 15) is 14.6 Å². The van der Waals surface area contributed by atoms with E-state index in [4.69, 9.17) is 0 Å². The largest absolute Gasteiger partial charge is 0.425 e. The van der Waals surface area contributed by atoms with Crippen LogP contribution >= 0.6 is 0 Å². The number of alkyl halides is 3. The number of likely N-dealkylation sites (tertiary alicyclic amines) is 1. The second-order valence-corrected chi connectivity index (χ2v) is 11.1. The van der Waals surface area contributed by atoms with E-state index in [0.29, 0.717) is 40.3 Å². The first-order valence-corrected chi connectivity index (χ1v) is 14.4. The third kappa shape index (κ3) is 6.46. The molecule has 0 amide bonds. The van der Waals surface area contributed by atoms with E-state index >= 15 is 13.2 Å². The molecule has 0 bridgehead atoms. The first-order valence-electron chi connectivity index (χ1n) is 14.4. The molecular formula is C33H36F4N4O2. The van der Waals surface area contributed by atoms with Gasteiger partial charge in [0, 0.05) is 66.0 Å². The van der Waals surface area contributed by atoms with Gasteiger partial charge in [0.05, 0.1) is 0 Å². The molecule has 1 atom stereocenters. The molecule has 0 spiro atoms. The highest BCUT2D eigenvalue weighted by atomic mass is 19.4. The van der Waals surface area contributed by atoms with Gasteiger partial charge >= 0.3 is 6.18 Å². The van der Waals surface area contributed by atoms with Gasteiger partial charge in [-0.05, 0) is 92.8 Å². The average molecular weight is 597 g/mol. The van der Waals surface area contributed by atoms with Crippen molar-refractivity contribution in [2.45, 2.75) is 37.6 Å². The van der Waals surface area contributed by atoms with Gasteiger partial charge in [0.15, 0.2) is 0 Å². The Morgan fingerprint density at radius 2 is 1.72 bits per heavy atom. The maximum absolute atomic E-state index is 15.0. The number of para-hydroxylation sites is 1. The summed E-state index contributed by atoms with van der Waals surface area (Å²) in [6.45, 7) is 3.28. The molecule has 5 rings (SSSR count). The zero-order valence-corrected chi connectivity index (χ0v) is 24.0. The van der Waals surface area contributed by atoms with Crippen LogP contribution in [0.3, 0.4) is 0 Å². The van der Waals surface area contributed by atoms with Crippen LogP contribution in [0.25, 0.3) is 10.9 Å². The van der Waals surface area contributed by atoms with Crippen molar-refractivity contribution in [2.24, 2.45) is 10.9 Å². The number of anilines is 2. The first kappa shape index (κ1) is 30.7. The van der Waals surface area contributed by atoms with Crippen LogP contribution in [0, 0.1) is 11.7 Å². The summed E-state index contributed by atoms with van der Waals surface area (Å²) in [7, 11) is 1.51. The summed E-state index contributed by atoms with van der Waals surface area (Å²) < 4.78 is 60.2. The number of hydrogen-bond acceptors (Lipinski definition) is 5. The van der Waals surface area contributed by atoms with Crippen LogP contribution in [0.2, 0.25) is 0 Å². The Morgan fingerprint density at radius 1 is 1.00 bits per heavy atom. The van der Waals surface area contributed by atoms with E-state index in [2.05, 4.69) is 15.2 Å². The molecule has 1 unspecified atom stereocenters. The summed E-state index contributed by atoms with van der Waals surface area (Å²) in [5.41, 5.74) is -1.92. The van der Waals surface area contributed by atoms with Crippen molar-refractivity contribution in [1.82, 2.24) is 9.47 Å². The Bertz CT molecular complexity index is 1560. The van der Waals surface area contributed by atoms with Gasteiger partial charge in [-0.15, -0.1) is 0 Å². The molecule has 1 aliphatic heterocycles. The van der Waals surface area contributed by atoms with Crippen LogP contribution in [0.4, 0.5) is 28.9 Å². The Morgan fingerprint density at radius 3 is 2.40 bits per heavy atom. The van der Waals surface area contributed by atoms with Crippen molar-refractivity contribution in [2.75, 3.05) is 38.6 Å². The molecule has 0 radical (unpaired) electrons. The van der Waals surface area contributed by atoms with Gasteiger partial charge in [-0.3, -0.25) is 4.99 Å². The average Bonchev–Trinajstić information content (AvgIpc) is 3.37. The molecule has 1 aliphatic rings. The van der Waals surface area contributed by atoms with Gasteiger partial charge in [0.25, 0.3) is 0 Å². The van der Waals surface area contributed by atoms with Crippen LogP contribution < -0.4 is 5.32 Å². The van der Waals surface area contributed by atoms with Crippen molar-refractivity contribution >= 4 is 28.5 Å². The number of aliphatic hydroxyl groups is 2. The van der Waals surface area contributed by atoms with Crippen LogP contribution in [-0.4, -0.2) is 65.4 Å². The predicted octanol–water partition coefficient (Wildman–Crippen LogP) is 6.47. The van der Waals surface area contributed by atoms with Crippen LogP contribution in [0.15, 0.2) is 77.9 Å². The monoisotopic (exact) mass is 596 g/mol. The highest BCUT2D eigenvalue weighted by molar-refractivity contribution is 5.90. The van der Waals surface area contributed by atoms with Crippen molar-refractivity contribution < 1.29 is 27.8 Å². The Balaban J connectivity index is 1.48. The van der Waals surface area contributed by atoms with Gasteiger partial charge in [0.1, 0.15) is 5.82 Å². The van der Waals surface area contributed by atoms with Crippen LogP contribution in [0.1, 0.15) is 36.0 Å². The lowest BCUT2D eigenvalue weighted by molar-refractivity contribution is -0.247. The summed E-state index contributed by atoms with van der Waals surface area (Å²) in [6.07, 6.45) is 0.412. The molecule has 3 N–H and O–H groups in total. The second-order valence-electron chi connectivity index (χ2n) is 11.1. The van der Waals surface area contributed by atoms with E-state index in [1.807, 2.05) is 0 Å². The van der Waals surface area contributed by atoms with Gasteiger partial charge in [0.2, 0.25) is 5.60 Å². The van der Waals surface area contributed by atoms with Gasteiger partial charge in [-0.2, -0.15) is 13.2 Å². The molecule has 228 valence electrons. The highest BCUT2D eigenvalue weighted by Gasteiger charge is 2.57. The molecule has 2 heterocycles. The Kier molecular flexibility index (Phi) is 9.19. The fourth-order valence-electron chi connectivity index (χ4n) is 5.89.